The topological polar surface area (TPSA) is 121 Å². The second-order valence-electron chi connectivity index (χ2n) is 6.18. The Morgan fingerprint density at radius 3 is 1.83 bits per heavy atom. The van der Waals surface area contributed by atoms with Crippen LogP contribution in [0.1, 0.15) is 34.6 Å². The average Bonchev–Trinajstić information content (AvgIpc) is 3.49. The Labute approximate surface area is 178 Å². The Morgan fingerprint density at radius 1 is 1.00 bits per heavy atom. The molecule has 1 aliphatic heterocycles. The van der Waals surface area contributed by atoms with E-state index in [2.05, 4.69) is 24.5 Å². The van der Waals surface area contributed by atoms with Crippen molar-refractivity contribution in [2.75, 3.05) is 33.0 Å². The maximum Gasteiger partial charge on any atom is 0.335 e. The lowest BCUT2D eigenvalue weighted by atomic mass is 10.4. The summed E-state index contributed by atoms with van der Waals surface area (Å²) in [5, 5.41) is 8.19. The third-order valence-electron chi connectivity index (χ3n) is 2.85. The van der Waals surface area contributed by atoms with Gasteiger partial charge in [-0.1, -0.05) is 19.7 Å². The molecule has 30 heavy (non-hydrogen) atoms. The number of aliphatic hydroxyl groups is 1. The maximum absolute atomic E-state index is 10.8. The molecule has 0 aromatic rings. The predicted molar refractivity (Wildman–Crippen MR) is 110 cm³/mol. The minimum atomic E-state index is -0.482. The van der Waals surface area contributed by atoms with Crippen LogP contribution < -0.4 is 0 Å². The minimum absolute atomic E-state index is 0.0473. The fourth-order valence-electron chi connectivity index (χ4n) is 1.24. The van der Waals surface area contributed by atoms with Crippen molar-refractivity contribution in [3.63, 3.8) is 0 Å². The van der Waals surface area contributed by atoms with Gasteiger partial charge in [0.2, 0.25) is 0 Å². The van der Waals surface area contributed by atoms with Crippen LogP contribution in [0.25, 0.3) is 0 Å². The molecule has 2 unspecified atom stereocenters. The van der Waals surface area contributed by atoms with Crippen molar-refractivity contribution in [1.82, 2.24) is 0 Å². The summed E-state index contributed by atoms with van der Waals surface area (Å²) < 4.78 is 23.8. The van der Waals surface area contributed by atoms with Gasteiger partial charge in [0.1, 0.15) is 19.3 Å². The normalized spacial score (nSPS) is 14.4. The lowest BCUT2D eigenvalue weighted by molar-refractivity contribution is -0.169. The summed E-state index contributed by atoms with van der Waals surface area (Å²) in [5.41, 5.74) is 1.17. The minimum Gasteiger partial charge on any atom is -0.460 e. The molecule has 0 spiro atoms. The van der Waals surface area contributed by atoms with E-state index in [-0.39, 0.29) is 25.3 Å². The van der Waals surface area contributed by atoms with Gasteiger partial charge in [-0.15, -0.1) is 0 Å². The summed E-state index contributed by atoms with van der Waals surface area (Å²) in [6.45, 7) is 20.0. The van der Waals surface area contributed by atoms with E-state index in [9.17, 15) is 14.4 Å². The van der Waals surface area contributed by atoms with Crippen molar-refractivity contribution >= 4 is 17.9 Å². The molecular formula is C21H34O9. The molecule has 0 bridgehead atoms. The van der Waals surface area contributed by atoms with Crippen LogP contribution >= 0.6 is 0 Å². The quantitative estimate of drug-likeness (QED) is 0.182. The third kappa shape index (κ3) is 18.9. The molecule has 1 aliphatic rings. The molecule has 9 nitrogen and oxygen atoms in total. The highest BCUT2D eigenvalue weighted by Crippen LogP contribution is 2.09. The first kappa shape index (κ1) is 29.7. The van der Waals surface area contributed by atoms with Crippen LogP contribution in [0.4, 0.5) is 0 Å². The summed E-state index contributed by atoms with van der Waals surface area (Å²) in [6.07, 6.45) is -0.340. The molecule has 1 saturated heterocycles. The molecular weight excluding hydrogens is 396 g/mol. The largest absolute Gasteiger partial charge is 0.460 e. The predicted octanol–water partition coefficient (Wildman–Crippen LogP) is 2.09. The van der Waals surface area contributed by atoms with Gasteiger partial charge in [-0.05, 0) is 34.6 Å². The van der Waals surface area contributed by atoms with E-state index in [1.165, 1.54) is 0 Å². The van der Waals surface area contributed by atoms with Crippen molar-refractivity contribution in [1.29, 1.82) is 0 Å². The Kier molecular flexibility index (Phi) is 17.2. The van der Waals surface area contributed by atoms with Crippen molar-refractivity contribution < 1.29 is 43.2 Å². The summed E-state index contributed by atoms with van der Waals surface area (Å²) >= 11 is 0. The first-order chi connectivity index (χ1) is 14.0. The average molecular weight is 430 g/mol. The number of epoxide rings is 1. The van der Waals surface area contributed by atoms with E-state index in [4.69, 9.17) is 24.1 Å². The van der Waals surface area contributed by atoms with Crippen molar-refractivity contribution in [3.8, 4) is 0 Å². The zero-order chi connectivity index (χ0) is 23.7. The van der Waals surface area contributed by atoms with Gasteiger partial charge in [-0.2, -0.15) is 0 Å². The van der Waals surface area contributed by atoms with Crippen molar-refractivity contribution in [2.24, 2.45) is 0 Å². The highest BCUT2D eigenvalue weighted by Gasteiger charge is 2.24. The smallest absolute Gasteiger partial charge is 0.335 e. The summed E-state index contributed by atoms with van der Waals surface area (Å²) in [7, 11) is 0. The highest BCUT2D eigenvalue weighted by atomic mass is 16.7. The molecule has 1 N–H and O–H groups in total. The number of hydrogen-bond acceptors (Lipinski definition) is 9. The molecule has 9 heteroatoms. The molecule has 0 aromatic carbocycles. The second-order valence-corrected chi connectivity index (χ2v) is 6.18. The number of hydrogen-bond donors (Lipinski definition) is 1. The maximum atomic E-state index is 10.8. The SMILES string of the molecule is C=C(C)C(=O)OC(C)OCC.C=C(C)C(=O)OCC1CO1.C=C(C)C(=O)OCCO. The number of aliphatic hydroxyl groups excluding tert-OH is 1. The standard InChI is InChI=1S/C8H14O3.C7H10O3.C6H10O3/c1-5-10-7(4)11-8(9)6(2)3;1-5(2)7(8)10-4-6-3-9-6;1-5(2)6(8)9-4-3-7/h7H,2,5H2,1,3-4H3;6H,1,3-4H2,2H3;7H,1,3-4H2,2H3. The molecule has 0 radical (unpaired) electrons. The second kappa shape index (κ2) is 17.4. The monoisotopic (exact) mass is 430 g/mol. The van der Waals surface area contributed by atoms with Crippen LogP contribution in [-0.2, 0) is 38.1 Å². The number of carbonyl (C=O) groups excluding carboxylic acids is 3. The van der Waals surface area contributed by atoms with Crippen LogP contribution in [0, 0.1) is 0 Å². The molecule has 1 heterocycles. The molecule has 1 fully saturated rings. The molecule has 2 atom stereocenters. The summed E-state index contributed by atoms with van der Waals surface area (Å²) in [5.74, 6) is -1.20. The van der Waals surface area contributed by atoms with Crippen molar-refractivity contribution in [3.05, 3.63) is 36.5 Å². The van der Waals surface area contributed by atoms with E-state index >= 15 is 0 Å². The van der Waals surface area contributed by atoms with E-state index < -0.39 is 18.2 Å². The fourth-order valence-corrected chi connectivity index (χ4v) is 1.24. The molecule has 172 valence electrons. The summed E-state index contributed by atoms with van der Waals surface area (Å²) in [6, 6.07) is 0. The fraction of sp³-hybridized carbons (Fsp3) is 0.571. The molecule has 1 rings (SSSR count). The Hall–Kier alpha value is -2.49. The van der Waals surface area contributed by atoms with Crippen LogP contribution in [0.5, 0.6) is 0 Å². The third-order valence-corrected chi connectivity index (χ3v) is 2.85. The van der Waals surface area contributed by atoms with E-state index in [1.807, 2.05) is 6.92 Å². The molecule has 0 aliphatic carbocycles. The van der Waals surface area contributed by atoms with Crippen LogP contribution in [0.2, 0.25) is 0 Å². The number of ether oxygens (including phenoxy) is 5. The Bertz CT molecular complexity index is 591. The number of rotatable bonds is 10. The van der Waals surface area contributed by atoms with E-state index in [0.29, 0.717) is 36.5 Å². The highest BCUT2D eigenvalue weighted by molar-refractivity contribution is 5.87. The van der Waals surface area contributed by atoms with Gasteiger partial charge in [0, 0.05) is 23.3 Å². The lowest BCUT2D eigenvalue weighted by Gasteiger charge is -2.11. The lowest BCUT2D eigenvalue weighted by Crippen LogP contribution is -2.18. The first-order valence-electron chi connectivity index (χ1n) is 9.31. The molecule has 0 amide bonds. The van der Waals surface area contributed by atoms with Crippen LogP contribution in [-0.4, -0.2) is 68.4 Å². The Balaban J connectivity index is 0. The van der Waals surface area contributed by atoms with Gasteiger partial charge in [-0.25, -0.2) is 14.4 Å². The van der Waals surface area contributed by atoms with Gasteiger partial charge in [0.15, 0.2) is 6.29 Å². The zero-order valence-electron chi connectivity index (χ0n) is 18.5. The number of esters is 3. The molecule has 0 aromatic heterocycles. The van der Waals surface area contributed by atoms with E-state index in [0.717, 1.165) is 0 Å². The van der Waals surface area contributed by atoms with Crippen LogP contribution in [0.3, 0.4) is 0 Å². The van der Waals surface area contributed by atoms with Crippen LogP contribution in [0.15, 0.2) is 36.5 Å². The first-order valence-corrected chi connectivity index (χ1v) is 9.31. The Morgan fingerprint density at radius 2 is 1.47 bits per heavy atom. The van der Waals surface area contributed by atoms with E-state index in [1.54, 1.807) is 27.7 Å². The van der Waals surface area contributed by atoms with Gasteiger partial charge in [0.05, 0.1) is 13.2 Å². The summed E-state index contributed by atoms with van der Waals surface area (Å²) in [4.78, 5) is 32.0. The van der Waals surface area contributed by atoms with Crippen molar-refractivity contribution in [2.45, 2.75) is 47.0 Å². The zero-order valence-corrected chi connectivity index (χ0v) is 18.5. The van der Waals surface area contributed by atoms with Gasteiger partial charge in [-0.3, -0.25) is 0 Å². The van der Waals surface area contributed by atoms with Gasteiger partial charge >= 0.3 is 17.9 Å². The van der Waals surface area contributed by atoms with Gasteiger partial charge in [0.25, 0.3) is 0 Å². The molecule has 0 saturated carbocycles. The van der Waals surface area contributed by atoms with Gasteiger partial charge < -0.3 is 28.8 Å². The number of carbonyl (C=O) groups is 3.